The highest BCUT2D eigenvalue weighted by Gasteiger charge is 2.31. The maximum Gasteiger partial charge on any atom is 0.337 e. The molecule has 3 N–H and O–H groups in total. The Bertz CT molecular complexity index is 761. The molecule has 24 heavy (non-hydrogen) atoms. The monoisotopic (exact) mass is 342 g/mol. The molecule has 0 aliphatic heterocycles. The Kier molecular flexibility index (Phi) is 4.78. The van der Waals surface area contributed by atoms with Crippen LogP contribution in [0.5, 0.6) is 0 Å². The molecule has 0 saturated heterocycles. The number of rotatable bonds is 3. The van der Waals surface area contributed by atoms with Crippen molar-refractivity contribution in [1.82, 2.24) is 5.32 Å². The summed E-state index contributed by atoms with van der Waals surface area (Å²) >= 11 is 5.34. The molecule has 0 aromatic heterocycles. The molecule has 0 bridgehead atoms. The highest BCUT2D eigenvalue weighted by atomic mass is 32.1. The van der Waals surface area contributed by atoms with Gasteiger partial charge in [-0.2, -0.15) is 0 Å². The van der Waals surface area contributed by atoms with Gasteiger partial charge in [0.2, 0.25) is 0 Å². The maximum atomic E-state index is 11.4. The van der Waals surface area contributed by atoms with Crippen molar-refractivity contribution < 1.29 is 14.6 Å². The number of anilines is 1. The summed E-state index contributed by atoms with van der Waals surface area (Å²) in [6, 6.07) is 14.5. The van der Waals surface area contributed by atoms with E-state index in [1.54, 1.807) is 24.3 Å². The van der Waals surface area contributed by atoms with Gasteiger partial charge in [-0.1, -0.05) is 24.3 Å². The molecule has 1 aliphatic rings. The van der Waals surface area contributed by atoms with E-state index in [-0.39, 0.29) is 12.0 Å². The lowest BCUT2D eigenvalue weighted by molar-refractivity contribution is 0.0600. The fourth-order valence-corrected chi connectivity index (χ4v) is 3.11. The molecule has 6 heteroatoms. The third kappa shape index (κ3) is 3.39. The van der Waals surface area contributed by atoms with E-state index in [2.05, 4.69) is 15.4 Å². The molecular weight excluding hydrogens is 324 g/mol. The Morgan fingerprint density at radius 2 is 1.92 bits per heavy atom. The van der Waals surface area contributed by atoms with E-state index in [1.165, 1.54) is 7.11 Å². The summed E-state index contributed by atoms with van der Waals surface area (Å²) in [5, 5.41) is 16.9. The van der Waals surface area contributed by atoms with Crippen LogP contribution >= 0.6 is 12.2 Å². The van der Waals surface area contributed by atoms with Gasteiger partial charge < -0.3 is 20.5 Å². The summed E-state index contributed by atoms with van der Waals surface area (Å²) in [7, 11) is 1.35. The number of esters is 1. The van der Waals surface area contributed by atoms with Crippen LogP contribution < -0.4 is 10.6 Å². The Hall–Kier alpha value is -2.44. The SMILES string of the molecule is COC(=O)c1ccc(NC(=S)N[C@H]2c3ccccc3C[C@H]2O)cc1. The zero-order valence-corrected chi connectivity index (χ0v) is 14.0. The number of methoxy groups -OCH3 is 1. The average molecular weight is 342 g/mol. The lowest BCUT2D eigenvalue weighted by Crippen LogP contribution is -2.36. The molecule has 0 radical (unpaired) electrons. The first-order chi connectivity index (χ1) is 11.6. The van der Waals surface area contributed by atoms with Crippen molar-refractivity contribution in [2.75, 3.05) is 12.4 Å². The maximum absolute atomic E-state index is 11.4. The Morgan fingerprint density at radius 3 is 2.62 bits per heavy atom. The van der Waals surface area contributed by atoms with Crippen LogP contribution in [0.2, 0.25) is 0 Å². The number of hydrogen-bond acceptors (Lipinski definition) is 4. The molecule has 1 aliphatic carbocycles. The number of nitrogens with one attached hydrogen (secondary N) is 2. The van der Waals surface area contributed by atoms with Crippen LogP contribution in [0.3, 0.4) is 0 Å². The molecule has 0 amide bonds. The number of thiocarbonyl (C=S) groups is 1. The van der Waals surface area contributed by atoms with Crippen molar-refractivity contribution in [2.45, 2.75) is 18.6 Å². The van der Waals surface area contributed by atoms with E-state index in [9.17, 15) is 9.90 Å². The Labute approximate surface area is 145 Å². The van der Waals surface area contributed by atoms with E-state index < -0.39 is 6.10 Å². The van der Waals surface area contributed by atoms with Gasteiger partial charge in [0.1, 0.15) is 0 Å². The smallest absolute Gasteiger partial charge is 0.337 e. The molecule has 2 aromatic carbocycles. The van der Waals surface area contributed by atoms with Gasteiger partial charge in [0.25, 0.3) is 0 Å². The predicted molar refractivity (Wildman–Crippen MR) is 96.0 cm³/mol. The summed E-state index contributed by atoms with van der Waals surface area (Å²) in [4.78, 5) is 11.4. The third-order valence-electron chi connectivity index (χ3n) is 4.05. The summed E-state index contributed by atoms with van der Waals surface area (Å²) < 4.78 is 4.67. The number of aliphatic hydroxyl groups is 1. The van der Waals surface area contributed by atoms with Gasteiger partial charge >= 0.3 is 5.97 Å². The molecule has 124 valence electrons. The minimum atomic E-state index is -0.510. The quantitative estimate of drug-likeness (QED) is 0.588. The summed E-state index contributed by atoms with van der Waals surface area (Å²) in [5.74, 6) is -0.382. The highest BCUT2D eigenvalue weighted by Crippen LogP contribution is 2.31. The van der Waals surface area contributed by atoms with Crippen LogP contribution in [0.4, 0.5) is 5.69 Å². The summed E-state index contributed by atoms with van der Waals surface area (Å²) in [6.07, 6.45) is 0.105. The first-order valence-corrected chi connectivity index (χ1v) is 8.01. The van der Waals surface area contributed by atoms with Crippen molar-refractivity contribution in [1.29, 1.82) is 0 Å². The molecule has 2 atom stereocenters. The van der Waals surface area contributed by atoms with E-state index in [1.807, 2.05) is 24.3 Å². The van der Waals surface area contributed by atoms with E-state index in [0.717, 1.165) is 16.8 Å². The zero-order chi connectivity index (χ0) is 17.1. The van der Waals surface area contributed by atoms with Crippen molar-refractivity contribution in [3.8, 4) is 0 Å². The van der Waals surface area contributed by atoms with Crippen LogP contribution in [0.1, 0.15) is 27.5 Å². The second kappa shape index (κ2) is 6.98. The number of fused-ring (bicyclic) bond motifs is 1. The number of carbonyl (C=O) groups excluding carboxylic acids is 1. The van der Waals surface area contributed by atoms with Gasteiger partial charge in [0, 0.05) is 12.1 Å². The number of ether oxygens (including phenoxy) is 1. The summed E-state index contributed by atoms with van der Waals surface area (Å²) in [6.45, 7) is 0. The number of benzene rings is 2. The minimum absolute atomic E-state index is 0.226. The van der Waals surface area contributed by atoms with Gasteiger partial charge in [0.15, 0.2) is 5.11 Å². The molecular formula is C18H18N2O3S. The normalized spacial score (nSPS) is 18.6. The topological polar surface area (TPSA) is 70.6 Å². The molecule has 0 spiro atoms. The molecule has 3 rings (SSSR count). The van der Waals surface area contributed by atoms with E-state index in [4.69, 9.17) is 12.2 Å². The lowest BCUT2D eigenvalue weighted by atomic mass is 10.1. The second-order valence-corrected chi connectivity index (χ2v) is 6.02. The Morgan fingerprint density at radius 1 is 1.21 bits per heavy atom. The Balaban J connectivity index is 1.65. The molecule has 5 nitrogen and oxygen atoms in total. The fourth-order valence-electron chi connectivity index (χ4n) is 2.86. The van der Waals surface area contributed by atoms with Gasteiger partial charge in [-0.05, 0) is 47.6 Å². The lowest BCUT2D eigenvalue weighted by Gasteiger charge is -2.20. The zero-order valence-electron chi connectivity index (χ0n) is 13.2. The van der Waals surface area contributed by atoms with E-state index in [0.29, 0.717) is 17.1 Å². The third-order valence-corrected chi connectivity index (χ3v) is 4.27. The van der Waals surface area contributed by atoms with Crippen LogP contribution in [-0.2, 0) is 11.2 Å². The van der Waals surface area contributed by atoms with Gasteiger partial charge in [-0.25, -0.2) is 4.79 Å². The second-order valence-electron chi connectivity index (χ2n) is 5.62. The predicted octanol–water partition coefficient (Wildman–Crippen LogP) is 2.42. The highest BCUT2D eigenvalue weighted by molar-refractivity contribution is 7.80. The van der Waals surface area contributed by atoms with Crippen LogP contribution in [0, 0.1) is 0 Å². The van der Waals surface area contributed by atoms with Gasteiger partial charge in [-0.3, -0.25) is 0 Å². The van der Waals surface area contributed by atoms with Crippen LogP contribution in [0.15, 0.2) is 48.5 Å². The standard InChI is InChI=1S/C18H18N2O3S/c1-23-17(22)11-6-8-13(9-7-11)19-18(24)20-16-14-5-3-2-4-12(14)10-15(16)21/h2-9,15-16,21H,10H2,1H3,(H2,19,20,24)/t15-,16+/m1/s1. The minimum Gasteiger partial charge on any atom is -0.465 e. The molecule has 2 aromatic rings. The van der Waals surface area contributed by atoms with Crippen molar-refractivity contribution >= 4 is 29.0 Å². The first kappa shape index (κ1) is 16.4. The molecule has 0 fully saturated rings. The van der Waals surface area contributed by atoms with Gasteiger partial charge in [0.05, 0.1) is 24.8 Å². The van der Waals surface area contributed by atoms with Crippen molar-refractivity contribution in [2.24, 2.45) is 0 Å². The van der Waals surface area contributed by atoms with Gasteiger partial charge in [-0.15, -0.1) is 0 Å². The van der Waals surface area contributed by atoms with Crippen LogP contribution in [-0.4, -0.2) is 29.4 Å². The van der Waals surface area contributed by atoms with E-state index >= 15 is 0 Å². The number of carbonyl (C=O) groups is 1. The number of hydrogen-bond donors (Lipinski definition) is 3. The first-order valence-electron chi connectivity index (χ1n) is 7.60. The molecule has 0 heterocycles. The largest absolute Gasteiger partial charge is 0.465 e. The number of aliphatic hydroxyl groups excluding tert-OH is 1. The van der Waals surface area contributed by atoms with Crippen molar-refractivity contribution in [3.63, 3.8) is 0 Å². The van der Waals surface area contributed by atoms with Crippen LogP contribution in [0.25, 0.3) is 0 Å². The molecule has 0 unspecified atom stereocenters. The molecule has 0 saturated carbocycles. The summed E-state index contributed by atoms with van der Waals surface area (Å²) in [5.41, 5.74) is 3.42. The average Bonchev–Trinajstić information content (AvgIpc) is 2.90. The fraction of sp³-hybridized carbons (Fsp3) is 0.222. The van der Waals surface area contributed by atoms with Crippen molar-refractivity contribution in [3.05, 3.63) is 65.2 Å².